The first-order valence-electron chi connectivity index (χ1n) is 3.97. The van der Waals surface area contributed by atoms with E-state index in [4.69, 9.17) is 23.2 Å². The maximum Gasteiger partial charge on any atom is 0.313 e. The molecule has 0 saturated heterocycles. The van der Waals surface area contributed by atoms with Crippen LogP contribution >= 0.6 is 23.2 Å². The van der Waals surface area contributed by atoms with Gasteiger partial charge in [-0.2, -0.15) is 0 Å². The van der Waals surface area contributed by atoms with Gasteiger partial charge in [-0.15, -0.1) is 0 Å². The third-order valence-electron chi connectivity index (χ3n) is 1.66. The van der Waals surface area contributed by atoms with E-state index in [1.807, 2.05) is 0 Å². The molecule has 1 aromatic rings. The van der Waals surface area contributed by atoms with E-state index < -0.39 is 11.2 Å². The molecule has 0 aliphatic rings. The SMILES string of the molecule is O=C(Cl)NCCc1ccc(F)c(Cl)c1. The predicted molar refractivity (Wildman–Crippen MR) is 54.4 cm³/mol. The molecular weight excluding hydrogens is 228 g/mol. The molecule has 0 unspecified atom stereocenters. The first-order valence-corrected chi connectivity index (χ1v) is 4.72. The minimum absolute atomic E-state index is 0.0831. The Morgan fingerprint density at radius 2 is 2.21 bits per heavy atom. The molecule has 0 heterocycles. The highest BCUT2D eigenvalue weighted by molar-refractivity contribution is 6.62. The molecule has 0 aromatic heterocycles. The van der Waals surface area contributed by atoms with Gasteiger partial charge in [-0.1, -0.05) is 17.7 Å². The first-order chi connectivity index (χ1) is 6.59. The summed E-state index contributed by atoms with van der Waals surface area (Å²) in [6.07, 6.45) is 0.568. The molecule has 2 nitrogen and oxygen atoms in total. The second-order valence-electron chi connectivity index (χ2n) is 2.70. The quantitative estimate of drug-likeness (QED) is 0.634. The molecule has 1 rings (SSSR count). The van der Waals surface area contributed by atoms with Crippen LogP contribution in [0.3, 0.4) is 0 Å². The minimum Gasteiger partial charge on any atom is -0.342 e. The third kappa shape index (κ3) is 3.52. The standard InChI is InChI=1S/C9H8Cl2FNO/c10-7-5-6(1-2-8(7)12)3-4-13-9(11)14/h1-2,5H,3-4H2,(H,13,14). The van der Waals surface area contributed by atoms with Crippen molar-refractivity contribution in [2.24, 2.45) is 0 Å². The van der Waals surface area contributed by atoms with Crippen LogP contribution in [-0.2, 0) is 6.42 Å². The van der Waals surface area contributed by atoms with Crippen molar-refractivity contribution in [3.63, 3.8) is 0 Å². The Bertz CT molecular complexity index is 344. The summed E-state index contributed by atoms with van der Waals surface area (Å²) in [5.74, 6) is -0.447. The lowest BCUT2D eigenvalue weighted by molar-refractivity contribution is 0.260. The number of rotatable bonds is 3. The molecule has 0 aliphatic heterocycles. The lowest BCUT2D eigenvalue weighted by Gasteiger charge is -2.02. The largest absolute Gasteiger partial charge is 0.342 e. The van der Waals surface area contributed by atoms with Crippen LogP contribution in [0.1, 0.15) is 5.56 Å². The Morgan fingerprint density at radius 1 is 1.50 bits per heavy atom. The van der Waals surface area contributed by atoms with Gasteiger partial charge in [-0.3, -0.25) is 4.79 Å². The van der Waals surface area contributed by atoms with E-state index >= 15 is 0 Å². The Kier molecular flexibility index (Phi) is 4.17. The van der Waals surface area contributed by atoms with Gasteiger partial charge in [0.1, 0.15) is 5.82 Å². The molecule has 1 aromatic carbocycles. The molecular formula is C9H8Cl2FNO. The lowest BCUT2D eigenvalue weighted by atomic mass is 10.1. The van der Waals surface area contributed by atoms with Gasteiger partial charge in [0.25, 0.3) is 0 Å². The maximum absolute atomic E-state index is 12.7. The van der Waals surface area contributed by atoms with Crippen molar-refractivity contribution in [3.05, 3.63) is 34.6 Å². The van der Waals surface area contributed by atoms with Crippen molar-refractivity contribution in [1.82, 2.24) is 5.32 Å². The fourth-order valence-corrected chi connectivity index (χ4v) is 1.30. The van der Waals surface area contributed by atoms with Crippen LogP contribution in [-0.4, -0.2) is 11.9 Å². The van der Waals surface area contributed by atoms with E-state index in [2.05, 4.69) is 5.32 Å². The second kappa shape index (κ2) is 5.17. The molecule has 5 heteroatoms. The highest BCUT2D eigenvalue weighted by atomic mass is 35.5. The van der Waals surface area contributed by atoms with Crippen LogP contribution in [0.4, 0.5) is 9.18 Å². The number of carbonyl (C=O) groups excluding carboxylic acids is 1. The molecule has 0 bridgehead atoms. The Morgan fingerprint density at radius 3 is 2.79 bits per heavy atom. The molecule has 1 N–H and O–H groups in total. The number of carbonyl (C=O) groups is 1. The molecule has 1 amide bonds. The van der Waals surface area contributed by atoms with E-state index in [0.29, 0.717) is 13.0 Å². The molecule has 0 radical (unpaired) electrons. The number of halogens is 3. The maximum atomic E-state index is 12.7. The molecule has 0 saturated carbocycles. The van der Waals surface area contributed by atoms with E-state index in [9.17, 15) is 9.18 Å². The highest BCUT2D eigenvalue weighted by Gasteiger charge is 2.01. The summed E-state index contributed by atoms with van der Waals surface area (Å²) >= 11 is 10.6. The minimum atomic E-state index is -0.599. The lowest BCUT2D eigenvalue weighted by Crippen LogP contribution is -2.19. The van der Waals surface area contributed by atoms with Gasteiger partial charge < -0.3 is 5.32 Å². The summed E-state index contributed by atoms with van der Waals surface area (Å²) in [4.78, 5) is 10.3. The number of benzene rings is 1. The summed E-state index contributed by atoms with van der Waals surface area (Å²) in [6, 6.07) is 4.43. The molecule has 76 valence electrons. The second-order valence-corrected chi connectivity index (χ2v) is 3.45. The number of hydrogen-bond donors (Lipinski definition) is 1. The number of nitrogens with one attached hydrogen (secondary N) is 1. The summed E-state index contributed by atoms with van der Waals surface area (Å²) in [5, 5.41) is 1.90. The zero-order chi connectivity index (χ0) is 10.6. The molecule has 14 heavy (non-hydrogen) atoms. The summed E-state index contributed by atoms with van der Waals surface area (Å²) < 4.78 is 12.7. The smallest absolute Gasteiger partial charge is 0.313 e. The third-order valence-corrected chi connectivity index (χ3v) is 2.08. The summed E-state index contributed by atoms with van der Waals surface area (Å²) in [7, 11) is 0. The average Bonchev–Trinajstić information content (AvgIpc) is 2.10. The van der Waals surface area contributed by atoms with Crippen LogP contribution in [0, 0.1) is 5.82 Å². The van der Waals surface area contributed by atoms with Gasteiger partial charge in [0, 0.05) is 6.54 Å². The number of hydrogen-bond acceptors (Lipinski definition) is 1. The van der Waals surface area contributed by atoms with E-state index in [-0.39, 0.29) is 5.02 Å². The average molecular weight is 236 g/mol. The van der Waals surface area contributed by atoms with Gasteiger partial charge in [-0.05, 0) is 35.7 Å². The van der Waals surface area contributed by atoms with Crippen LogP contribution in [0.5, 0.6) is 0 Å². The predicted octanol–water partition coefficient (Wildman–Crippen LogP) is 2.97. The summed E-state index contributed by atoms with van der Waals surface area (Å²) in [6.45, 7) is 0.407. The van der Waals surface area contributed by atoms with Gasteiger partial charge in [0.05, 0.1) is 5.02 Å². The molecule has 0 atom stereocenters. The Balaban J connectivity index is 2.51. The number of amides is 1. The molecule has 0 aliphatic carbocycles. The van der Waals surface area contributed by atoms with Gasteiger partial charge >= 0.3 is 5.37 Å². The van der Waals surface area contributed by atoms with Crippen molar-refractivity contribution < 1.29 is 9.18 Å². The zero-order valence-corrected chi connectivity index (χ0v) is 8.70. The molecule has 0 fully saturated rings. The van der Waals surface area contributed by atoms with Gasteiger partial charge in [0.15, 0.2) is 0 Å². The van der Waals surface area contributed by atoms with E-state index in [0.717, 1.165) is 5.56 Å². The van der Waals surface area contributed by atoms with Crippen LogP contribution in [0.15, 0.2) is 18.2 Å². The van der Waals surface area contributed by atoms with E-state index in [1.54, 1.807) is 6.07 Å². The Hall–Kier alpha value is -0.800. The first kappa shape index (κ1) is 11.3. The van der Waals surface area contributed by atoms with Crippen LogP contribution < -0.4 is 5.32 Å². The van der Waals surface area contributed by atoms with Crippen molar-refractivity contribution >= 4 is 28.6 Å². The fraction of sp³-hybridized carbons (Fsp3) is 0.222. The van der Waals surface area contributed by atoms with Crippen molar-refractivity contribution in [2.75, 3.05) is 6.54 Å². The van der Waals surface area contributed by atoms with Crippen LogP contribution in [0.2, 0.25) is 5.02 Å². The van der Waals surface area contributed by atoms with Crippen molar-refractivity contribution in [2.45, 2.75) is 6.42 Å². The fourth-order valence-electron chi connectivity index (χ4n) is 1.00. The van der Waals surface area contributed by atoms with Gasteiger partial charge in [-0.25, -0.2) is 4.39 Å². The monoisotopic (exact) mass is 235 g/mol. The van der Waals surface area contributed by atoms with E-state index in [1.165, 1.54) is 12.1 Å². The van der Waals surface area contributed by atoms with Crippen molar-refractivity contribution in [3.8, 4) is 0 Å². The van der Waals surface area contributed by atoms with Crippen molar-refractivity contribution in [1.29, 1.82) is 0 Å². The molecule has 0 spiro atoms. The van der Waals surface area contributed by atoms with Crippen LogP contribution in [0.25, 0.3) is 0 Å². The normalized spacial score (nSPS) is 9.93. The highest BCUT2D eigenvalue weighted by Crippen LogP contribution is 2.15. The van der Waals surface area contributed by atoms with Gasteiger partial charge in [0.2, 0.25) is 0 Å². The topological polar surface area (TPSA) is 29.1 Å². The Labute approximate surface area is 91.0 Å². The zero-order valence-electron chi connectivity index (χ0n) is 7.19. The summed E-state index contributed by atoms with van der Waals surface area (Å²) in [5.41, 5.74) is 0.849.